The van der Waals surface area contributed by atoms with Crippen molar-refractivity contribution in [2.75, 3.05) is 11.9 Å². The average Bonchev–Trinajstić information content (AvgIpc) is 2.20. The fourth-order valence-corrected chi connectivity index (χ4v) is 1.77. The van der Waals surface area contributed by atoms with E-state index in [2.05, 4.69) is 37.2 Å². The van der Waals surface area contributed by atoms with Crippen molar-refractivity contribution >= 4 is 43.5 Å². The van der Waals surface area contributed by atoms with Gasteiger partial charge < -0.3 is 10.1 Å². The van der Waals surface area contributed by atoms with Crippen LogP contribution in [0.1, 0.15) is 20.8 Å². The monoisotopic (exact) mass is 363 g/mol. The van der Waals surface area contributed by atoms with Crippen molar-refractivity contribution in [2.24, 2.45) is 0 Å². The fourth-order valence-electron chi connectivity index (χ4n) is 1.06. The van der Waals surface area contributed by atoms with E-state index in [-0.39, 0.29) is 18.1 Å². The summed E-state index contributed by atoms with van der Waals surface area (Å²) in [5.41, 5.74) is 0.410. The zero-order chi connectivity index (χ0) is 13.1. The Labute approximate surface area is 118 Å². The molecule has 1 amide bonds. The van der Waals surface area contributed by atoms with E-state index in [1.54, 1.807) is 0 Å². The number of nitrogens with one attached hydrogen (secondary N) is 1. The van der Waals surface area contributed by atoms with Crippen LogP contribution in [0.5, 0.6) is 0 Å². The van der Waals surface area contributed by atoms with E-state index in [9.17, 15) is 4.79 Å². The summed E-state index contributed by atoms with van der Waals surface area (Å²) in [5, 5.41) is 2.78. The smallest absolute Gasteiger partial charge is 0.250 e. The van der Waals surface area contributed by atoms with Crippen molar-refractivity contribution in [3.8, 4) is 0 Å². The molecule has 0 saturated heterocycles. The molecule has 0 aliphatic carbocycles. The summed E-state index contributed by atoms with van der Waals surface area (Å²) in [6.07, 6.45) is 0. The molecule has 1 aromatic carbocycles. The lowest BCUT2D eigenvalue weighted by atomic mass is 10.2. The van der Waals surface area contributed by atoms with E-state index in [0.717, 1.165) is 14.6 Å². The molecular weight excluding hydrogens is 350 g/mol. The Morgan fingerprint density at radius 2 is 2.00 bits per heavy atom. The van der Waals surface area contributed by atoms with Gasteiger partial charge in [-0.2, -0.15) is 0 Å². The van der Waals surface area contributed by atoms with Gasteiger partial charge in [0, 0.05) is 8.95 Å². The molecule has 0 fully saturated rings. The van der Waals surface area contributed by atoms with E-state index in [1.165, 1.54) is 0 Å². The van der Waals surface area contributed by atoms with Gasteiger partial charge in [0.1, 0.15) is 6.61 Å². The van der Waals surface area contributed by atoms with E-state index in [4.69, 9.17) is 4.74 Å². The average molecular weight is 365 g/mol. The molecule has 1 N–H and O–H groups in total. The first-order chi connectivity index (χ1) is 7.78. The maximum Gasteiger partial charge on any atom is 0.250 e. The molecule has 94 valence electrons. The summed E-state index contributed by atoms with van der Waals surface area (Å²) >= 11 is 6.73. The molecule has 0 aliphatic heterocycles. The number of carbonyl (C=O) groups is 1. The zero-order valence-electron chi connectivity index (χ0n) is 10.0. The summed E-state index contributed by atoms with van der Waals surface area (Å²) in [7, 11) is 0. The molecule has 0 atom stereocenters. The fraction of sp³-hybridized carbons (Fsp3) is 0.417. The topological polar surface area (TPSA) is 38.3 Å². The lowest BCUT2D eigenvalue weighted by Crippen LogP contribution is -2.27. The molecule has 5 heteroatoms. The first kappa shape index (κ1) is 14.7. The van der Waals surface area contributed by atoms with Gasteiger partial charge in [-0.25, -0.2) is 0 Å². The number of benzene rings is 1. The molecule has 0 unspecified atom stereocenters. The van der Waals surface area contributed by atoms with Crippen LogP contribution < -0.4 is 5.32 Å². The molecule has 0 heterocycles. The number of anilines is 1. The predicted molar refractivity (Wildman–Crippen MR) is 76.2 cm³/mol. The number of carbonyl (C=O) groups excluding carboxylic acids is 1. The first-order valence-electron chi connectivity index (χ1n) is 5.17. The van der Waals surface area contributed by atoms with Gasteiger partial charge in [0.05, 0.1) is 11.3 Å². The summed E-state index contributed by atoms with van der Waals surface area (Å²) < 4.78 is 7.14. The quantitative estimate of drug-likeness (QED) is 0.881. The van der Waals surface area contributed by atoms with Crippen LogP contribution in [-0.4, -0.2) is 18.1 Å². The lowest BCUT2D eigenvalue weighted by Gasteiger charge is -2.19. The van der Waals surface area contributed by atoms with Gasteiger partial charge in [-0.1, -0.05) is 15.9 Å². The molecule has 0 aromatic heterocycles. The molecule has 0 radical (unpaired) electrons. The predicted octanol–water partition coefficient (Wildman–Crippen LogP) is 3.97. The van der Waals surface area contributed by atoms with E-state index < -0.39 is 0 Å². The Bertz CT molecular complexity index is 413. The molecule has 3 nitrogen and oxygen atoms in total. The SMILES string of the molecule is CC(C)(C)OCC(=O)Nc1cc(Br)ccc1Br. The maximum atomic E-state index is 11.7. The van der Waals surface area contributed by atoms with Crippen molar-refractivity contribution in [1.29, 1.82) is 0 Å². The highest BCUT2D eigenvalue weighted by Crippen LogP contribution is 2.26. The Morgan fingerprint density at radius 3 is 2.59 bits per heavy atom. The third-order valence-electron chi connectivity index (χ3n) is 1.84. The van der Waals surface area contributed by atoms with Crippen molar-refractivity contribution in [2.45, 2.75) is 26.4 Å². The van der Waals surface area contributed by atoms with Gasteiger partial charge in [-0.3, -0.25) is 4.79 Å². The highest BCUT2D eigenvalue weighted by Gasteiger charge is 2.13. The summed E-state index contributed by atoms with van der Waals surface area (Å²) in [6.45, 7) is 5.78. The van der Waals surface area contributed by atoms with Gasteiger partial charge in [0.2, 0.25) is 5.91 Å². The van der Waals surface area contributed by atoms with Crippen LogP contribution in [0.2, 0.25) is 0 Å². The van der Waals surface area contributed by atoms with Gasteiger partial charge in [-0.05, 0) is 54.9 Å². The lowest BCUT2D eigenvalue weighted by molar-refractivity contribution is -0.125. The molecule has 0 bridgehead atoms. The van der Waals surface area contributed by atoms with E-state index in [1.807, 2.05) is 39.0 Å². The zero-order valence-corrected chi connectivity index (χ0v) is 13.2. The minimum absolute atomic E-state index is 0.0441. The van der Waals surface area contributed by atoms with Gasteiger partial charge in [0.25, 0.3) is 0 Å². The third-order valence-corrected chi connectivity index (χ3v) is 3.02. The largest absolute Gasteiger partial charge is 0.366 e. The molecule has 0 aliphatic rings. The van der Waals surface area contributed by atoms with Gasteiger partial charge >= 0.3 is 0 Å². The molecule has 17 heavy (non-hydrogen) atoms. The summed E-state index contributed by atoms with van der Waals surface area (Å²) in [6, 6.07) is 5.59. The Balaban J connectivity index is 2.59. The van der Waals surface area contributed by atoms with Crippen LogP contribution in [0.25, 0.3) is 0 Å². The number of amides is 1. The second kappa shape index (κ2) is 5.98. The number of hydrogen-bond donors (Lipinski definition) is 1. The molecule has 0 saturated carbocycles. The number of ether oxygens (including phenoxy) is 1. The molecular formula is C12H15Br2NO2. The Hall–Kier alpha value is -0.390. The number of hydrogen-bond acceptors (Lipinski definition) is 2. The minimum Gasteiger partial charge on any atom is -0.366 e. The highest BCUT2D eigenvalue weighted by molar-refractivity contribution is 9.11. The highest BCUT2D eigenvalue weighted by atomic mass is 79.9. The normalized spacial score (nSPS) is 11.4. The van der Waals surface area contributed by atoms with Crippen LogP contribution in [-0.2, 0) is 9.53 Å². The van der Waals surface area contributed by atoms with Crippen molar-refractivity contribution in [3.63, 3.8) is 0 Å². The first-order valence-corrected chi connectivity index (χ1v) is 6.75. The van der Waals surface area contributed by atoms with E-state index >= 15 is 0 Å². The van der Waals surface area contributed by atoms with Crippen LogP contribution in [0.3, 0.4) is 0 Å². The van der Waals surface area contributed by atoms with Crippen molar-refractivity contribution in [3.05, 3.63) is 27.1 Å². The standard InChI is InChI=1S/C12H15Br2NO2/c1-12(2,3)17-7-11(16)15-10-6-8(13)4-5-9(10)14/h4-6H,7H2,1-3H3,(H,15,16). The van der Waals surface area contributed by atoms with Gasteiger partial charge in [0.15, 0.2) is 0 Å². The van der Waals surface area contributed by atoms with Crippen molar-refractivity contribution < 1.29 is 9.53 Å². The Kier molecular flexibility index (Phi) is 5.16. The molecule has 1 rings (SSSR count). The Morgan fingerprint density at radius 1 is 1.35 bits per heavy atom. The van der Waals surface area contributed by atoms with Crippen LogP contribution in [0.4, 0.5) is 5.69 Å². The molecule has 0 spiro atoms. The maximum absolute atomic E-state index is 11.7. The number of rotatable bonds is 3. The van der Waals surface area contributed by atoms with Crippen molar-refractivity contribution in [1.82, 2.24) is 0 Å². The number of halogens is 2. The summed E-state index contributed by atoms with van der Waals surface area (Å²) in [5.74, 6) is -0.168. The van der Waals surface area contributed by atoms with Crippen LogP contribution >= 0.6 is 31.9 Å². The summed E-state index contributed by atoms with van der Waals surface area (Å²) in [4.78, 5) is 11.7. The minimum atomic E-state index is -0.314. The molecule has 1 aromatic rings. The van der Waals surface area contributed by atoms with Crippen LogP contribution in [0.15, 0.2) is 27.1 Å². The van der Waals surface area contributed by atoms with E-state index in [0.29, 0.717) is 0 Å². The second-order valence-electron chi connectivity index (χ2n) is 4.57. The third kappa shape index (κ3) is 5.66. The van der Waals surface area contributed by atoms with Gasteiger partial charge in [-0.15, -0.1) is 0 Å². The second-order valence-corrected chi connectivity index (χ2v) is 6.34. The van der Waals surface area contributed by atoms with Crippen LogP contribution in [0, 0.1) is 0 Å².